The second-order valence-corrected chi connectivity index (χ2v) is 5.60. The second-order valence-electron chi connectivity index (χ2n) is 5.60. The molecule has 1 amide bonds. The maximum absolute atomic E-state index is 12.1. The fourth-order valence-electron chi connectivity index (χ4n) is 2.12. The molecule has 1 aromatic carbocycles. The number of rotatable bonds is 7. The third-order valence-corrected chi connectivity index (χ3v) is 3.50. The molecule has 2 atom stereocenters. The zero-order valence-corrected chi connectivity index (χ0v) is 13.3. The first-order valence-corrected chi connectivity index (χ1v) is 7.60. The van der Waals surface area contributed by atoms with Crippen LogP contribution in [0.5, 0.6) is 5.75 Å². The molecule has 0 fully saturated rings. The normalized spacial score (nSPS) is 13.4. The Labute approximate surface area is 131 Å². The van der Waals surface area contributed by atoms with Gasteiger partial charge in [0.25, 0.3) is 5.91 Å². The molecule has 0 saturated carbocycles. The summed E-state index contributed by atoms with van der Waals surface area (Å²) in [6.45, 7) is 5.76. The van der Waals surface area contributed by atoms with Crippen molar-refractivity contribution in [2.45, 2.75) is 45.8 Å². The second kappa shape index (κ2) is 7.69. The van der Waals surface area contributed by atoms with Crippen LogP contribution in [-0.4, -0.2) is 18.1 Å². The van der Waals surface area contributed by atoms with Gasteiger partial charge in [0.1, 0.15) is 11.5 Å². The van der Waals surface area contributed by atoms with E-state index in [1.165, 1.54) is 0 Å². The fraction of sp³-hybridized carbons (Fsp3) is 0.389. The Kier molecular flexibility index (Phi) is 5.64. The summed E-state index contributed by atoms with van der Waals surface area (Å²) in [5.41, 5.74) is 1.16. The van der Waals surface area contributed by atoms with Gasteiger partial charge in [-0.05, 0) is 51.5 Å². The van der Waals surface area contributed by atoms with Crippen molar-refractivity contribution in [2.75, 3.05) is 0 Å². The van der Waals surface area contributed by atoms with Crippen LogP contribution in [-0.2, 0) is 11.2 Å². The van der Waals surface area contributed by atoms with Crippen molar-refractivity contribution in [1.29, 1.82) is 0 Å². The molecule has 1 aromatic heterocycles. The maximum Gasteiger partial charge on any atom is 0.260 e. The molecule has 2 rings (SSSR count). The van der Waals surface area contributed by atoms with E-state index in [-0.39, 0.29) is 11.9 Å². The molecule has 0 aliphatic heterocycles. The van der Waals surface area contributed by atoms with E-state index in [0.29, 0.717) is 5.75 Å². The van der Waals surface area contributed by atoms with Gasteiger partial charge in [0.05, 0.1) is 6.26 Å². The first kappa shape index (κ1) is 16.1. The molecule has 1 heterocycles. The van der Waals surface area contributed by atoms with Gasteiger partial charge in [0.15, 0.2) is 6.10 Å². The predicted molar refractivity (Wildman–Crippen MR) is 85.9 cm³/mol. The molecule has 2 unspecified atom stereocenters. The molecule has 0 aliphatic rings. The first-order chi connectivity index (χ1) is 10.5. The average molecular weight is 301 g/mol. The summed E-state index contributed by atoms with van der Waals surface area (Å²) in [4.78, 5) is 12.1. The molecular weight excluding hydrogens is 278 g/mol. The third kappa shape index (κ3) is 4.95. The molecule has 0 bridgehead atoms. The largest absolute Gasteiger partial charge is 0.481 e. The van der Waals surface area contributed by atoms with Gasteiger partial charge >= 0.3 is 0 Å². The van der Waals surface area contributed by atoms with Crippen LogP contribution in [0, 0.1) is 6.92 Å². The van der Waals surface area contributed by atoms with Crippen LogP contribution < -0.4 is 10.1 Å². The quantitative estimate of drug-likeness (QED) is 0.851. The molecule has 0 aliphatic carbocycles. The number of carbonyl (C=O) groups is 1. The number of furan rings is 1. The fourth-order valence-corrected chi connectivity index (χ4v) is 2.12. The van der Waals surface area contributed by atoms with Crippen molar-refractivity contribution in [3.05, 3.63) is 54.0 Å². The van der Waals surface area contributed by atoms with Gasteiger partial charge in [0.2, 0.25) is 0 Å². The Bertz CT molecular complexity index is 575. The minimum Gasteiger partial charge on any atom is -0.481 e. The summed E-state index contributed by atoms with van der Waals surface area (Å²) < 4.78 is 10.9. The summed E-state index contributed by atoms with van der Waals surface area (Å²) in [6, 6.07) is 11.6. The van der Waals surface area contributed by atoms with Crippen LogP contribution in [0.15, 0.2) is 47.1 Å². The van der Waals surface area contributed by atoms with Crippen LogP contribution in [0.1, 0.15) is 31.6 Å². The van der Waals surface area contributed by atoms with E-state index in [2.05, 4.69) is 5.32 Å². The van der Waals surface area contributed by atoms with Gasteiger partial charge in [-0.25, -0.2) is 0 Å². The third-order valence-electron chi connectivity index (χ3n) is 3.50. The number of benzene rings is 1. The number of hydrogen-bond donors (Lipinski definition) is 1. The highest BCUT2D eigenvalue weighted by molar-refractivity contribution is 5.80. The molecular formula is C18H23NO3. The molecule has 0 radical (unpaired) electrons. The zero-order chi connectivity index (χ0) is 15.9. The SMILES string of the molecule is Cc1ccc(OC(C)C(=O)NC(C)CCc2ccco2)cc1. The van der Waals surface area contributed by atoms with Gasteiger partial charge in [-0.1, -0.05) is 17.7 Å². The lowest BCUT2D eigenvalue weighted by molar-refractivity contribution is -0.127. The lowest BCUT2D eigenvalue weighted by atomic mass is 10.1. The Hall–Kier alpha value is -2.23. The predicted octanol–water partition coefficient (Wildman–Crippen LogP) is 3.49. The number of aryl methyl sites for hydroxylation is 2. The average Bonchev–Trinajstić information content (AvgIpc) is 3.01. The van der Waals surface area contributed by atoms with Gasteiger partial charge in [-0.15, -0.1) is 0 Å². The number of carbonyl (C=O) groups excluding carboxylic acids is 1. The van der Waals surface area contributed by atoms with E-state index >= 15 is 0 Å². The lowest BCUT2D eigenvalue weighted by Gasteiger charge is -2.18. The van der Waals surface area contributed by atoms with E-state index in [1.54, 1.807) is 13.2 Å². The van der Waals surface area contributed by atoms with E-state index in [0.717, 1.165) is 24.2 Å². The highest BCUT2D eigenvalue weighted by Crippen LogP contribution is 2.13. The van der Waals surface area contributed by atoms with Crippen LogP contribution in [0.2, 0.25) is 0 Å². The molecule has 4 heteroatoms. The van der Waals surface area contributed by atoms with Gasteiger partial charge in [0, 0.05) is 12.5 Å². The van der Waals surface area contributed by atoms with E-state index in [4.69, 9.17) is 9.15 Å². The standard InChI is InChI=1S/C18H23NO3/c1-13-6-9-17(10-7-13)22-15(3)18(20)19-14(2)8-11-16-5-4-12-21-16/h4-7,9-10,12,14-15H,8,11H2,1-3H3,(H,19,20). The Balaban J connectivity index is 1.76. The van der Waals surface area contributed by atoms with Crippen LogP contribution in [0.25, 0.3) is 0 Å². The van der Waals surface area contributed by atoms with E-state index in [9.17, 15) is 4.79 Å². The molecule has 1 N–H and O–H groups in total. The van der Waals surface area contributed by atoms with Crippen LogP contribution in [0.3, 0.4) is 0 Å². The highest BCUT2D eigenvalue weighted by atomic mass is 16.5. The van der Waals surface area contributed by atoms with E-state index < -0.39 is 6.10 Å². The Morgan fingerprint density at radius 2 is 1.95 bits per heavy atom. The molecule has 0 spiro atoms. The van der Waals surface area contributed by atoms with Crippen LogP contribution in [0.4, 0.5) is 0 Å². The molecule has 4 nitrogen and oxygen atoms in total. The minimum absolute atomic E-state index is 0.0710. The van der Waals surface area contributed by atoms with Crippen molar-refractivity contribution in [3.8, 4) is 5.75 Å². The topological polar surface area (TPSA) is 51.5 Å². The molecule has 118 valence electrons. The Morgan fingerprint density at radius 1 is 1.23 bits per heavy atom. The van der Waals surface area contributed by atoms with Gasteiger partial charge < -0.3 is 14.5 Å². The van der Waals surface area contributed by atoms with Crippen molar-refractivity contribution in [2.24, 2.45) is 0 Å². The molecule has 2 aromatic rings. The van der Waals surface area contributed by atoms with E-state index in [1.807, 2.05) is 50.2 Å². The van der Waals surface area contributed by atoms with Gasteiger partial charge in [-0.3, -0.25) is 4.79 Å². The molecule has 22 heavy (non-hydrogen) atoms. The number of amides is 1. The van der Waals surface area contributed by atoms with Crippen LogP contribution >= 0.6 is 0 Å². The summed E-state index contributed by atoms with van der Waals surface area (Å²) in [5, 5.41) is 2.97. The van der Waals surface area contributed by atoms with Crippen molar-refractivity contribution >= 4 is 5.91 Å². The van der Waals surface area contributed by atoms with Crippen molar-refractivity contribution < 1.29 is 13.9 Å². The summed E-state index contributed by atoms with van der Waals surface area (Å²) in [7, 11) is 0. The zero-order valence-electron chi connectivity index (χ0n) is 13.3. The van der Waals surface area contributed by atoms with Gasteiger partial charge in [-0.2, -0.15) is 0 Å². The molecule has 0 saturated heterocycles. The van der Waals surface area contributed by atoms with Crippen molar-refractivity contribution in [3.63, 3.8) is 0 Å². The minimum atomic E-state index is -0.520. The number of hydrogen-bond acceptors (Lipinski definition) is 3. The lowest BCUT2D eigenvalue weighted by Crippen LogP contribution is -2.41. The maximum atomic E-state index is 12.1. The van der Waals surface area contributed by atoms with Crippen molar-refractivity contribution in [1.82, 2.24) is 5.32 Å². The summed E-state index contributed by atoms with van der Waals surface area (Å²) in [5.74, 6) is 1.54. The summed E-state index contributed by atoms with van der Waals surface area (Å²) in [6.07, 6.45) is 2.78. The highest BCUT2D eigenvalue weighted by Gasteiger charge is 2.17. The summed E-state index contributed by atoms with van der Waals surface area (Å²) >= 11 is 0. The number of ether oxygens (including phenoxy) is 1. The smallest absolute Gasteiger partial charge is 0.260 e. The monoisotopic (exact) mass is 301 g/mol. The first-order valence-electron chi connectivity index (χ1n) is 7.60. The number of nitrogens with one attached hydrogen (secondary N) is 1. The Morgan fingerprint density at radius 3 is 2.59 bits per heavy atom.